The van der Waals surface area contributed by atoms with Gasteiger partial charge in [-0.2, -0.15) is 0 Å². The molecule has 0 atom stereocenters. The van der Waals surface area contributed by atoms with Gasteiger partial charge in [-0.3, -0.25) is 4.79 Å². The zero-order valence-electron chi connectivity index (χ0n) is 13.3. The fourth-order valence-corrected chi connectivity index (χ4v) is 2.35. The molecule has 3 heteroatoms. The highest BCUT2D eigenvalue weighted by Crippen LogP contribution is 2.25. The van der Waals surface area contributed by atoms with E-state index in [1.165, 1.54) is 6.08 Å². The molecule has 0 aromatic heterocycles. The Bertz CT molecular complexity index is 556. The van der Waals surface area contributed by atoms with Crippen molar-refractivity contribution in [2.24, 2.45) is 0 Å². The van der Waals surface area contributed by atoms with Crippen LogP contribution in [0.25, 0.3) is 0 Å². The number of hydrogen-bond donors (Lipinski definition) is 1. The van der Waals surface area contributed by atoms with E-state index in [0.29, 0.717) is 13.2 Å². The molecule has 1 N–H and O–H groups in total. The number of carbonyl (C=O) groups is 1. The molecule has 0 saturated heterocycles. The predicted octanol–water partition coefficient (Wildman–Crippen LogP) is 3.88. The molecule has 0 heterocycles. The quantitative estimate of drug-likeness (QED) is 0.564. The smallest absolute Gasteiger partial charge is 0.243 e. The van der Waals surface area contributed by atoms with Gasteiger partial charge in [0.1, 0.15) is 6.10 Å². The summed E-state index contributed by atoms with van der Waals surface area (Å²) < 4.78 is 6.11. The first kappa shape index (κ1) is 17.0. The average molecular weight is 309 g/mol. The number of hydrogen-bond acceptors (Lipinski definition) is 2. The molecule has 2 rings (SSSR count). The van der Waals surface area contributed by atoms with Crippen LogP contribution in [0.5, 0.6) is 0 Å². The molecule has 0 radical (unpaired) electrons. The normalized spacial score (nSPS) is 10.5. The van der Waals surface area contributed by atoms with Gasteiger partial charge in [-0.1, -0.05) is 67.2 Å². The summed E-state index contributed by atoms with van der Waals surface area (Å²) in [6.45, 7) is 4.73. The van der Waals surface area contributed by atoms with Gasteiger partial charge < -0.3 is 10.1 Å². The average Bonchev–Trinajstić information content (AvgIpc) is 2.62. The van der Waals surface area contributed by atoms with E-state index in [4.69, 9.17) is 4.74 Å². The topological polar surface area (TPSA) is 38.3 Å². The summed E-state index contributed by atoms with van der Waals surface area (Å²) in [7, 11) is 0. The maximum atomic E-state index is 11.1. The minimum Gasteiger partial charge on any atom is -0.369 e. The van der Waals surface area contributed by atoms with Crippen LogP contribution in [0.2, 0.25) is 0 Å². The van der Waals surface area contributed by atoms with Crippen LogP contribution in [-0.2, 0) is 9.53 Å². The Morgan fingerprint density at radius 3 is 2.09 bits per heavy atom. The molecule has 3 nitrogen and oxygen atoms in total. The van der Waals surface area contributed by atoms with Crippen molar-refractivity contribution in [3.8, 4) is 0 Å². The Morgan fingerprint density at radius 1 is 1.00 bits per heavy atom. The highest BCUT2D eigenvalue weighted by atomic mass is 16.5. The minimum absolute atomic E-state index is 0.0554. The van der Waals surface area contributed by atoms with Crippen LogP contribution in [-0.4, -0.2) is 19.1 Å². The molecule has 0 fully saturated rings. The van der Waals surface area contributed by atoms with E-state index < -0.39 is 0 Å². The molecule has 0 aliphatic carbocycles. The number of rotatable bonds is 9. The molecule has 0 saturated carbocycles. The zero-order valence-corrected chi connectivity index (χ0v) is 13.3. The molecule has 23 heavy (non-hydrogen) atoms. The number of unbranched alkanes of at least 4 members (excludes halogenated alkanes) is 1. The summed E-state index contributed by atoms with van der Waals surface area (Å²) in [5.41, 5.74) is 2.30. The lowest BCUT2D eigenvalue weighted by atomic mass is 10.0. The summed E-state index contributed by atoms with van der Waals surface area (Å²) in [6, 6.07) is 20.5. The molecule has 0 unspecified atom stereocenters. The van der Waals surface area contributed by atoms with Gasteiger partial charge in [-0.05, 0) is 30.0 Å². The highest BCUT2D eigenvalue weighted by molar-refractivity contribution is 5.86. The van der Waals surface area contributed by atoms with Crippen molar-refractivity contribution in [3.05, 3.63) is 84.4 Å². The molecule has 0 aliphatic heterocycles. The molecular weight excluding hydrogens is 286 g/mol. The Labute approximate surface area is 138 Å². The maximum absolute atomic E-state index is 11.1. The Hall–Kier alpha value is -2.39. The zero-order chi connectivity index (χ0) is 16.3. The third-order valence-electron chi connectivity index (χ3n) is 3.54. The van der Waals surface area contributed by atoms with E-state index in [2.05, 4.69) is 36.2 Å². The number of ether oxygens (including phenoxy) is 1. The van der Waals surface area contributed by atoms with Gasteiger partial charge in [0.2, 0.25) is 5.91 Å². The van der Waals surface area contributed by atoms with Crippen LogP contribution in [0, 0.1) is 0 Å². The second-order valence-electron chi connectivity index (χ2n) is 5.27. The second kappa shape index (κ2) is 9.59. The summed E-state index contributed by atoms with van der Waals surface area (Å²) in [5, 5.41) is 2.77. The van der Waals surface area contributed by atoms with E-state index in [-0.39, 0.29) is 12.0 Å². The lowest BCUT2D eigenvalue weighted by Gasteiger charge is -2.19. The highest BCUT2D eigenvalue weighted by Gasteiger charge is 2.13. The van der Waals surface area contributed by atoms with E-state index in [1.807, 2.05) is 36.4 Å². The second-order valence-corrected chi connectivity index (χ2v) is 5.27. The van der Waals surface area contributed by atoms with Crippen LogP contribution in [0.3, 0.4) is 0 Å². The van der Waals surface area contributed by atoms with Gasteiger partial charge in [-0.25, -0.2) is 0 Å². The molecule has 0 aliphatic rings. The third kappa shape index (κ3) is 5.72. The third-order valence-corrected chi connectivity index (χ3v) is 3.54. The summed E-state index contributed by atoms with van der Waals surface area (Å²) in [5.74, 6) is -0.127. The lowest BCUT2D eigenvalue weighted by molar-refractivity contribution is -0.116. The first-order valence-corrected chi connectivity index (χ1v) is 7.93. The summed E-state index contributed by atoms with van der Waals surface area (Å²) >= 11 is 0. The minimum atomic E-state index is -0.127. The first-order chi connectivity index (χ1) is 11.3. The van der Waals surface area contributed by atoms with Crippen LogP contribution < -0.4 is 5.32 Å². The van der Waals surface area contributed by atoms with Gasteiger partial charge in [0.25, 0.3) is 0 Å². The number of benzene rings is 2. The maximum Gasteiger partial charge on any atom is 0.243 e. The van der Waals surface area contributed by atoms with Crippen LogP contribution >= 0.6 is 0 Å². The van der Waals surface area contributed by atoms with Crippen molar-refractivity contribution in [1.29, 1.82) is 0 Å². The molecule has 2 aromatic rings. The van der Waals surface area contributed by atoms with Crippen LogP contribution in [0.4, 0.5) is 0 Å². The van der Waals surface area contributed by atoms with Crippen molar-refractivity contribution < 1.29 is 9.53 Å². The monoisotopic (exact) mass is 309 g/mol. The largest absolute Gasteiger partial charge is 0.369 e. The molecule has 0 spiro atoms. The Morgan fingerprint density at radius 2 is 1.57 bits per heavy atom. The molecule has 0 bridgehead atoms. The molecular formula is C20H23NO2. The lowest BCUT2D eigenvalue weighted by Crippen LogP contribution is -2.22. The fraction of sp³-hybridized carbons (Fsp3) is 0.250. The van der Waals surface area contributed by atoms with Crippen molar-refractivity contribution in [2.45, 2.75) is 18.9 Å². The van der Waals surface area contributed by atoms with Crippen LogP contribution in [0.15, 0.2) is 73.3 Å². The Balaban J connectivity index is 1.87. The van der Waals surface area contributed by atoms with Gasteiger partial charge in [0.05, 0.1) is 0 Å². The van der Waals surface area contributed by atoms with Crippen LogP contribution in [0.1, 0.15) is 30.1 Å². The number of carbonyl (C=O) groups excluding carboxylic acids is 1. The van der Waals surface area contributed by atoms with Crippen molar-refractivity contribution in [3.63, 3.8) is 0 Å². The molecule has 120 valence electrons. The molecule has 1 amide bonds. The van der Waals surface area contributed by atoms with E-state index in [9.17, 15) is 4.79 Å². The first-order valence-electron chi connectivity index (χ1n) is 7.93. The summed E-state index contributed by atoms with van der Waals surface area (Å²) in [6.07, 6.45) is 3.01. The van der Waals surface area contributed by atoms with Crippen molar-refractivity contribution in [2.75, 3.05) is 13.2 Å². The SMILES string of the molecule is C=CC(=O)NCCCCOC(c1ccccc1)c1ccccc1. The number of amides is 1. The van der Waals surface area contributed by atoms with Gasteiger partial charge >= 0.3 is 0 Å². The Kier molecular flexibility index (Phi) is 7.08. The number of nitrogens with one attached hydrogen (secondary N) is 1. The van der Waals surface area contributed by atoms with E-state index in [1.54, 1.807) is 0 Å². The van der Waals surface area contributed by atoms with E-state index in [0.717, 1.165) is 24.0 Å². The van der Waals surface area contributed by atoms with Gasteiger partial charge in [0, 0.05) is 13.2 Å². The van der Waals surface area contributed by atoms with Crippen molar-refractivity contribution >= 4 is 5.91 Å². The summed E-state index contributed by atoms with van der Waals surface area (Å²) in [4.78, 5) is 11.1. The van der Waals surface area contributed by atoms with Crippen molar-refractivity contribution in [1.82, 2.24) is 5.32 Å². The van der Waals surface area contributed by atoms with Gasteiger partial charge in [-0.15, -0.1) is 0 Å². The van der Waals surface area contributed by atoms with E-state index >= 15 is 0 Å². The fourth-order valence-electron chi connectivity index (χ4n) is 2.35. The molecule has 2 aromatic carbocycles. The standard InChI is InChI=1S/C20H23NO2/c1-2-19(22)21-15-9-10-16-23-20(17-11-5-3-6-12-17)18-13-7-4-8-14-18/h2-8,11-14,20H,1,9-10,15-16H2,(H,21,22). The predicted molar refractivity (Wildman–Crippen MR) is 93.1 cm³/mol. The van der Waals surface area contributed by atoms with Gasteiger partial charge in [0.15, 0.2) is 0 Å².